The number of nitrogens with zero attached hydrogens (tertiary/aromatic N) is 2. The number of hydrogen-bond donors (Lipinski definition) is 0. The SMILES string of the molecule is Cc1cccc(-c2noc(C3CCC3)n2)c1. The zero-order valence-corrected chi connectivity index (χ0v) is 9.31. The Morgan fingerprint density at radius 3 is 2.88 bits per heavy atom. The zero-order chi connectivity index (χ0) is 11.0. The van der Waals surface area contributed by atoms with Crippen LogP contribution in [0.5, 0.6) is 0 Å². The normalized spacial score (nSPS) is 16.1. The van der Waals surface area contributed by atoms with E-state index in [-0.39, 0.29) is 0 Å². The Bertz CT molecular complexity index is 500. The van der Waals surface area contributed by atoms with Crippen LogP contribution in [0.3, 0.4) is 0 Å². The third-order valence-corrected chi connectivity index (χ3v) is 3.17. The van der Waals surface area contributed by atoms with Crippen LogP contribution in [0.1, 0.15) is 36.6 Å². The Balaban J connectivity index is 1.91. The highest BCUT2D eigenvalue weighted by atomic mass is 16.5. The maximum Gasteiger partial charge on any atom is 0.230 e. The summed E-state index contributed by atoms with van der Waals surface area (Å²) in [6.45, 7) is 2.07. The molecule has 0 unspecified atom stereocenters. The van der Waals surface area contributed by atoms with E-state index in [1.807, 2.05) is 12.1 Å². The summed E-state index contributed by atoms with van der Waals surface area (Å²) in [6, 6.07) is 8.18. The molecule has 16 heavy (non-hydrogen) atoms. The first kappa shape index (κ1) is 9.58. The van der Waals surface area contributed by atoms with E-state index in [1.165, 1.54) is 24.8 Å². The Morgan fingerprint density at radius 2 is 2.19 bits per heavy atom. The monoisotopic (exact) mass is 214 g/mol. The molecule has 0 amide bonds. The lowest BCUT2D eigenvalue weighted by atomic mass is 9.85. The minimum Gasteiger partial charge on any atom is -0.339 e. The molecule has 1 aliphatic carbocycles. The number of benzene rings is 1. The first-order valence-corrected chi connectivity index (χ1v) is 5.73. The van der Waals surface area contributed by atoms with Gasteiger partial charge in [-0.15, -0.1) is 0 Å². The molecule has 0 saturated heterocycles. The second kappa shape index (κ2) is 3.74. The van der Waals surface area contributed by atoms with Crippen molar-refractivity contribution in [2.45, 2.75) is 32.1 Å². The zero-order valence-electron chi connectivity index (χ0n) is 9.31. The van der Waals surface area contributed by atoms with Crippen molar-refractivity contribution < 1.29 is 4.52 Å². The molecule has 0 atom stereocenters. The van der Waals surface area contributed by atoms with Crippen LogP contribution < -0.4 is 0 Å². The number of aryl methyl sites for hydroxylation is 1. The van der Waals surface area contributed by atoms with E-state index in [9.17, 15) is 0 Å². The van der Waals surface area contributed by atoms with Crippen molar-refractivity contribution in [3.8, 4) is 11.4 Å². The second-order valence-corrected chi connectivity index (χ2v) is 4.45. The van der Waals surface area contributed by atoms with Gasteiger partial charge in [-0.1, -0.05) is 35.3 Å². The summed E-state index contributed by atoms with van der Waals surface area (Å²) in [4.78, 5) is 4.47. The Kier molecular flexibility index (Phi) is 2.24. The van der Waals surface area contributed by atoms with Crippen LogP contribution in [0, 0.1) is 6.92 Å². The van der Waals surface area contributed by atoms with E-state index in [0.29, 0.717) is 11.7 Å². The first-order valence-electron chi connectivity index (χ1n) is 5.73. The molecule has 1 aromatic heterocycles. The molecule has 1 heterocycles. The van der Waals surface area contributed by atoms with Crippen molar-refractivity contribution in [3.63, 3.8) is 0 Å². The molecule has 0 radical (unpaired) electrons. The molecule has 0 spiro atoms. The number of rotatable bonds is 2. The van der Waals surface area contributed by atoms with Crippen LogP contribution in [0.15, 0.2) is 28.8 Å². The molecular formula is C13H14N2O. The second-order valence-electron chi connectivity index (χ2n) is 4.45. The molecule has 0 bridgehead atoms. The summed E-state index contributed by atoms with van der Waals surface area (Å²) in [5.41, 5.74) is 2.25. The average molecular weight is 214 g/mol. The summed E-state index contributed by atoms with van der Waals surface area (Å²) in [7, 11) is 0. The lowest BCUT2D eigenvalue weighted by Gasteiger charge is -2.20. The Hall–Kier alpha value is -1.64. The molecule has 3 nitrogen and oxygen atoms in total. The summed E-state index contributed by atoms with van der Waals surface area (Å²) in [5.74, 6) is 2.03. The highest BCUT2D eigenvalue weighted by molar-refractivity contribution is 5.55. The van der Waals surface area contributed by atoms with Crippen molar-refractivity contribution in [1.29, 1.82) is 0 Å². The highest BCUT2D eigenvalue weighted by Gasteiger charge is 2.25. The van der Waals surface area contributed by atoms with Gasteiger partial charge in [-0.3, -0.25) is 0 Å². The van der Waals surface area contributed by atoms with Crippen molar-refractivity contribution in [2.75, 3.05) is 0 Å². The summed E-state index contributed by atoms with van der Waals surface area (Å²) >= 11 is 0. The third-order valence-electron chi connectivity index (χ3n) is 3.17. The van der Waals surface area contributed by atoms with Crippen LogP contribution in [0.25, 0.3) is 11.4 Å². The summed E-state index contributed by atoms with van der Waals surface area (Å²) in [6.07, 6.45) is 3.66. The first-order chi connectivity index (χ1) is 7.83. The summed E-state index contributed by atoms with van der Waals surface area (Å²) < 4.78 is 5.30. The molecule has 2 aromatic rings. The van der Waals surface area contributed by atoms with Crippen molar-refractivity contribution >= 4 is 0 Å². The van der Waals surface area contributed by atoms with Gasteiger partial charge >= 0.3 is 0 Å². The van der Waals surface area contributed by atoms with Gasteiger partial charge in [0.25, 0.3) is 0 Å². The van der Waals surface area contributed by atoms with E-state index >= 15 is 0 Å². The molecule has 1 aromatic carbocycles. The van der Waals surface area contributed by atoms with Gasteiger partial charge in [0, 0.05) is 11.5 Å². The Labute approximate surface area is 94.5 Å². The maximum absolute atomic E-state index is 5.30. The molecule has 0 N–H and O–H groups in total. The van der Waals surface area contributed by atoms with E-state index < -0.39 is 0 Å². The molecule has 0 aliphatic heterocycles. The van der Waals surface area contributed by atoms with Crippen molar-refractivity contribution in [2.24, 2.45) is 0 Å². The molecule has 3 heteroatoms. The molecule has 1 aliphatic rings. The maximum atomic E-state index is 5.30. The van der Waals surface area contributed by atoms with E-state index in [1.54, 1.807) is 0 Å². The minimum atomic E-state index is 0.506. The molecule has 1 saturated carbocycles. The van der Waals surface area contributed by atoms with Crippen LogP contribution >= 0.6 is 0 Å². The fourth-order valence-electron chi connectivity index (χ4n) is 1.96. The van der Waals surface area contributed by atoms with Gasteiger partial charge in [-0.05, 0) is 25.8 Å². The largest absolute Gasteiger partial charge is 0.339 e. The predicted molar refractivity (Wildman–Crippen MR) is 61.1 cm³/mol. The topological polar surface area (TPSA) is 38.9 Å². The molecular weight excluding hydrogens is 200 g/mol. The lowest BCUT2D eigenvalue weighted by Crippen LogP contribution is -2.08. The molecule has 82 valence electrons. The fourth-order valence-corrected chi connectivity index (χ4v) is 1.96. The van der Waals surface area contributed by atoms with Crippen LogP contribution in [0.4, 0.5) is 0 Å². The van der Waals surface area contributed by atoms with Gasteiger partial charge < -0.3 is 4.52 Å². The number of aromatic nitrogens is 2. The van der Waals surface area contributed by atoms with Gasteiger partial charge in [-0.25, -0.2) is 0 Å². The Morgan fingerprint density at radius 1 is 1.31 bits per heavy atom. The van der Waals surface area contributed by atoms with E-state index in [4.69, 9.17) is 4.52 Å². The quantitative estimate of drug-likeness (QED) is 0.769. The van der Waals surface area contributed by atoms with Gasteiger partial charge in [0.1, 0.15) is 0 Å². The number of hydrogen-bond acceptors (Lipinski definition) is 3. The van der Waals surface area contributed by atoms with Crippen LogP contribution in [-0.4, -0.2) is 10.1 Å². The standard InChI is InChI=1S/C13H14N2O/c1-9-4-2-7-11(8-9)12-14-13(16-15-12)10-5-3-6-10/h2,4,7-8,10H,3,5-6H2,1H3. The van der Waals surface area contributed by atoms with Crippen molar-refractivity contribution in [3.05, 3.63) is 35.7 Å². The van der Waals surface area contributed by atoms with E-state index in [0.717, 1.165) is 11.5 Å². The fraction of sp³-hybridized carbons (Fsp3) is 0.385. The van der Waals surface area contributed by atoms with Crippen LogP contribution in [-0.2, 0) is 0 Å². The van der Waals surface area contributed by atoms with Crippen LogP contribution in [0.2, 0.25) is 0 Å². The minimum absolute atomic E-state index is 0.506. The average Bonchev–Trinajstić information content (AvgIpc) is 2.64. The third kappa shape index (κ3) is 1.62. The molecule has 1 fully saturated rings. The lowest BCUT2D eigenvalue weighted by molar-refractivity contribution is 0.292. The van der Waals surface area contributed by atoms with E-state index in [2.05, 4.69) is 29.2 Å². The van der Waals surface area contributed by atoms with Crippen molar-refractivity contribution in [1.82, 2.24) is 10.1 Å². The van der Waals surface area contributed by atoms with Gasteiger partial charge in [0.15, 0.2) is 0 Å². The van der Waals surface area contributed by atoms with Gasteiger partial charge in [0.05, 0.1) is 0 Å². The van der Waals surface area contributed by atoms with Gasteiger partial charge in [-0.2, -0.15) is 4.98 Å². The predicted octanol–water partition coefficient (Wildman–Crippen LogP) is 3.31. The summed E-state index contributed by atoms with van der Waals surface area (Å²) in [5, 5.41) is 4.04. The highest BCUT2D eigenvalue weighted by Crippen LogP contribution is 2.35. The smallest absolute Gasteiger partial charge is 0.230 e. The molecule has 3 rings (SSSR count). The van der Waals surface area contributed by atoms with Gasteiger partial charge in [0.2, 0.25) is 11.7 Å².